The first-order valence-corrected chi connectivity index (χ1v) is 9.35. The van der Waals surface area contributed by atoms with Gasteiger partial charge in [-0.05, 0) is 62.9 Å². The van der Waals surface area contributed by atoms with Crippen molar-refractivity contribution >= 4 is 27.7 Å². The fraction of sp³-hybridized carbons (Fsp3) is 0.556. The second-order valence-corrected chi connectivity index (χ2v) is 7.25. The van der Waals surface area contributed by atoms with Crippen LogP contribution >= 0.6 is 15.9 Å². The molecule has 1 heterocycles. The lowest BCUT2D eigenvalue weighted by molar-refractivity contribution is -0.126. The van der Waals surface area contributed by atoms with Gasteiger partial charge in [0.2, 0.25) is 5.91 Å². The maximum absolute atomic E-state index is 12.8. The molecule has 1 fully saturated rings. The Morgan fingerprint density at radius 1 is 1.38 bits per heavy atom. The Kier molecular flexibility index (Phi) is 7.24. The molecule has 5 nitrogen and oxygen atoms in total. The molecular formula is C18H26BrN3O2. The van der Waals surface area contributed by atoms with Crippen LogP contribution in [0.5, 0.6) is 0 Å². The molecule has 1 aromatic rings. The number of nitrogens with zero attached hydrogens (tertiary/aromatic N) is 1. The number of nitrogens with two attached hydrogens (primary N) is 1. The van der Waals surface area contributed by atoms with Gasteiger partial charge in [-0.2, -0.15) is 0 Å². The van der Waals surface area contributed by atoms with E-state index in [0.717, 1.165) is 35.7 Å². The number of unbranched alkanes of at least 4 members (excludes halogenated alkanes) is 1. The highest BCUT2D eigenvalue weighted by Crippen LogP contribution is 2.22. The Hall–Kier alpha value is -1.40. The molecule has 0 saturated carbocycles. The first-order valence-electron chi connectivity index (χ1n) is 8.56. The number of rotatable bonds is 6. The predicted octanol–water partition coefficient (Wildman–Crippen LogP) is 2.46. The van der Waals surface area contributed by atoms with Crippen molar-refractivity contribution in [1.29, 1.82) is 0 Å². The number of piperidine rings is 1. The third kappa shape index (κ3) is 5.05. The number of hydrogen-bond acceptors (Lipinski definition) is 3. The van der Waals surface area contributed by atoms with Crippen LogP contribution in [-0.2, 0) is 4.79 Å². The fourth-order valence-electron chi connectivity index (χ4n) is 3.04. The number of hydrogen-bond donors (Lipinski definition) is 2. The Morgan fingerprint density at radius 3 is 2.88 bits per heavy atom. The summed E-state index contributed by atoms with van der Waals surface area (Å²) in [5.74, 6) is -0.0472. The highest BCUT2D eigenvalue weighted by molar-refractivity contribution is 9.10. The van der Waals surface area contributed by atoms with Gasteiger partial charge >= 0.3 is 0 Å². The molecule has 1 unspecified atom stereocenters. The van der Waals surface area contributed by atoms with Crippen LogP contribution in [0.3, 0.4) is 0 Å². The summed E-state index contributed by atoms with van der Waals surface area (Å²) in [6.07, 6.45) is 3.52. The maximum Gasteiger partial charge on any atom is 0.254 e. The summed E-state index contributed by atoms with van der Waals surface area (Å²) in [7, 11) is 0. The van der Waals surface area contributed by atoms with E-state index in [9.17, 15) is 9.59 Å². The van der Waals surface area contributed by atoms with Crippen LogP contribution in [0, 0.1) is 12.8 Å². The largest absolute Gasteiger partial charge is 0.356 e. The van der Waals surface area contributed by atoms with Crippen LogP contribution < -0.4 is 11.1 Å². The topological polar surface area (TPSA) is 75.4 Å². The van der Waals surface area contributed by atoms with Gasteiger partial charge in [0.1, 0.15) is 0 Å². The normalized spacial score (nSPS) is 17.6. The molecule has 0 spiro atoms. The number of carbonyl (C=O) groups excluding carboxylic acids is 2. The Balaban J connectivity index is 1.94. The highest BCUT2D eigenvalue weighted by atomic mass is 79.9. The van der Waals surface area contributed by atoms with E-state index in [1.165, 1.54) is 0 Å². The molecule has 6 heteroatoms. The molecule has 1 aliphatic rings. The van der Waals surface area contributed by atoms with E-state index in [4.69, 9.17) is 5.73 Å². The molecule has 1 atom stereocenters. The lowest BCUT2D eigenvalue weighted by atomic mass is 9.96. The van der Waals surface area contributed by atoms with Crippen molar-refractivity contribution in [3.8, 4) is 0 Å². The zero-order chi connectivity index (χ0) is 17.5. The molecule has 1 saturated heterocycles. The summed E-state index contributed by atoms with van der Waals surface area (Å²) in [6, 6.07) is 5.67. The molecule has 0 aliphatic carbocycles. The molecule has 1 aromatic carbocycles. The monoisotopic (exact) mass is 395 g/mol. The number of aryl methyl sites for hydroxylation is 1. The summed E-state index contributed by atoms with van der Waals surface area (Å²) >= 11 is 3.42. The molecule has 132 valence electrons. The molecule has 0 aromatic heterocycles. The van der Waals surface area contributed by atoms with Crippen molar-refractivity contribution in [1.82, 2.24) is 10.2 Å². The third-order valence-corrected chi connectivity index (χ3v) is 4.92. The minimum Gasteiger partial charge on any atom is -0.356 e. The van der Waals surface area contributed by atoms with Crippen molar-refractivity contribution in [2.75, 3.05) is 26.2 Å². The second-order valence-electron chi connectivity index (χ2n) is 6.34. The number of carbonyl (C=O) groups is 2. The van der Waals surface area contributed by atoms with Gasteiger partial charge in [0.25, 0.3) is 5.91 Å². The van der Waals surface area contributed by atoms with Gasteiger partial charge in [-0.25, -0.2) is 0 Å². The second kappa shape index (κ2) is 9.18. The zero-order valence-corrected chi connectivity index (χ0v) is 15.8. The third-order valence-electron chi connectivity index (χ3n) is 4.43. The first kappa shape index (κ1) is 18.9. The number of benzene rings is 1. The number of halogens is 1. The van der Waals surface area contributed by atoms with Gasteiger partial charge < -0.3 is 16.0 Å². The van der Waals surface area contributed by atoms with Crippen LogP contribution in [0.15, 0.2) is 22.7 Å². The van der Waals surface area contributed by atoms with Crippen molar-refractivity contribution in [3.05, 3.63) is 33.8 Å². The van der Waals surface area contributed by atoms with E-state index in [0.29, 0.717) is 31.7 Å². The first-order chi connectivity index (χ1) is 11.5. The van der Waals surface area contributed by atoms with Crippen LogP contribution in [0.2, 0.25) is 0 Å². The smallest absolute Gasteiger partial charge is 0.254 e. The quantitative estimate of drug-likeness (QED) is 0.726. The Morgan fingerprint density at radius 2 is 2.17 bits per heavy atom. The van der Waals surface area contributed by atoms with E-state index >= 15 is 0 Å². The lowest BCUT2D eigenvalue weighted by Gasteiger charge is -2.32. The zero-order valence-electron chi connectivity index (χ0n) is 14.2. The number of nitrogens with one attached hydrogen (secondary N) is 1. The number of likely N-dealkylation sites (tertiary alicyclic amines) is 1. The maximum atomic E-state index is 12.8. The van der Waals surface area contributed by atoms with Crippen LogP contribution in [0.1, 0.15) is 41.6 Å². The van der Waals surface area contributed by atoms with Gasteiger partial charge in [-0.1, -0.05) is 15.9 Å². The lowest BCUT2D eigenvalue weighted by Crippen LogP contribution is -2.45. The molecule has 2 amide bonds. The summed E-state index contributed by atoms with van der Waals surface area (Å²) in [6.45, 7) is 4.45. The standard InChI is InChI=1S/C18H26BrN3O2/c1-13-11-15(19)6-7-16(13)18(24)22-10-4-5-14(12-22)17(23)21-9-3-2-8-20/h6-7,11,14H,2-5,8-10,12,20H2,1H3,(H,21,23). The minimum absolute atomic E-state index is 0.0145. The summed E-state index contributed by atoms with van der Waals surface area (Å²) in [5.41, 5.74) is 7.11. The average Bonchev–Trinajstić information content (AvgIpc) is 2.58. The summed E-state index contributed by atoms with van der Waals surface area (Å²) < 4.78 is 0.963. The van der Waals surface area contributed by atoms with Gasteiger partial charge in [0.05, 0.1) is 5.92 Å². The van der Waals surface area contributed by atoms with Crippen LogP contribution in [0.25, 0.3) is 0 Å². The fourth-order valence-corrected chi connectivity index (χ4v) is 3.51. The van der Waals surface area contributed by atoms with Crippen LogP contribution in [-0.4, -0.2) is 42.9 Å². The van der Waals surface area contributed by atoms with Gasteiger partial charge in [0.15, 0.2) is 0 Å². The van der Waals surface area contributed by atoms with Gasteiger partial charge in [-0.3, -0.25) is 9.59 Å². The van der Waals surface area contributed by atoms with Gasteiger partial charge in [-0.15, -0.1) is 0 Å². The Labute approximate surface area is 152 Å². The summed E-state index contributed by atoms with van der Waals surface area (Å²) in [5, 5.41) is 2.97. The minimum atomic E-state index is -0.115. The van der Waals surface area contributed by atoms with E-state index in [1.54, 1.807) is 0 Å². The highest BCUT2D eigenvalue weighted by Gasteiger charge is 2.29. The van der Waals surface area contributed by atoms with Gasteiger partial charge in [0, 0.05) is 29.7 Å². The van der Waals surface area contributed by atoms with Crippen molar-refractivity contribution < 1.29 is 9.59 Å². The average molecular weight is 396 g/mol. The van der Waals surface area contributed by atoms with E-state index in [-0.39, 0.29) is 17.7 Å². The Bertz CT molecular complexity index is 592. The van der Waals surface area contributed by atoms with Crippen molar-refractivity contribution in [3.63, 3.8) is 0 Å². The number of amides is 2. The van der Waals surface area contributed by atoms with Crippen molar-refractivity contribution in [2.24, 2.45) is 11.7 Å². The molecule has 3 N–H and O–H groups in total. The summed E-state index contributed by atoms with van der Waals surface area (Å²) in [4.78, 5) is 26.9. The van der Waals surface area contributed by atoms with Crippen LogP contribution in [0.4, 0.5) is 0 Å². The SMILES string of the molecule is Cc1cc(Br)ccc1C(=O)N1CCCC(C(=O)NCCCCN)C1. The van der Waals surface area contributed by atoms with E-state index in [2.05, 4.69) is 21.2 Å². The van der Waals surface area contributed by atoms with Crippen molar-refractivity contribution in [2.45, 2.75) is 32.6 Å². The van der Waals surface area contributed by atoms with E-state index in [1.807, 2.05) is 30.0 Å². The van der Waals surface area contributed by atoms with E-state index < -0.39 is 0 Å². The molecule has 2 rings (SSSR count). The predicted molar refractivity (Wildman–Crippen MR) is 98.8 cm³/mol. The molecule has 24 heavy (non-hydrogen) atoms. The molecule has 0 radical (unpaired) electrons. The molecule has 0 bridgehead atoms. The molecule has 1 aliphatic heterocycles. The molecular weight excluding hydrogens is 370 g/mol.